The topological polar surface area (TPSA) is 54.3 Å². The van der Waals surface area contributed by atoms with Gasteiger partial charge in [0.1, 0.15) is 4.90 Å². The lowest BCUT2D eigenvalue weighted by atomic mass is 10.4. The first-order chi connectivity index (χ1) is 10.0. The highest BCUT2D eigenvalue weighted by atomic mass is 32.2. The maximum absolute atomic E-state index is 12.7. The van der Waals surface area contributed by atoms with Crippen molar-refractivity contribution in [1.82, 2.24) is 14.2 Å². The van der Waals surface area contributed by atoms with Gasteiger partial charge in [-0.3, -0.25) is 0 Å². The van der Waals surface area contributed by atoms with Crippen LogP contribution < -0.4 is 5.32 Å². The highest BCUT2D eigenvalue weighted by molar-refractivity contribution is 7.89. The second-order valence-electron chi connectivity index (χ2n) is 4.89. The Kier molecular flexibility index (Phi) is 7.14. The number of rotatable bonds is 10. The zero-order valence-electron chi connectivity index (χ0n) is 13.3. The molecule has 0 amide bonds. The van der Waals surface area contributed by atoms with Crippen molar-refractivity contribution in [1.29, 1.82) is 0 Å². The second-order valence-corrected chi connectivity index (χ2v) is 6.82. The summed E-state index contributed by atoms with van der Waals surface area (Å²) >= 11 is 0. The van der Waals surface area contributed by atoms with E-state index in [-0.39, 0.29) is 0 Å². The van der Waals surface area contributed by atoms with Gasteiger partial charge in [-0.15, -0.1) is 6.58 Å². The minimum absolute atomic E-state index is 0.343. The standard InChI is InChI=1S/C15H27N3O2S/c1-5-9-18(10-6-2)21(19,20)15-11-14(12-16-7-3)17(8-4)13-15/h5,11,13,16H,1,6-10,12H2,2-4H3. The molecule has 1 N–H and O–H groups in total. The second kappa shape index (κ2) is 8.36. The Bertz CT molecular complexity index is 549. The van der Waals surface area contributed by atoms with E-state index < -0.39 is 10.0 Å². The molecule has 1 aromatic rings. The van der Waals surface area contributed by atoms with Crippen LogP contribution in [0.15, 0.2) is 29.8 Å². The first kappa shape index (κ1) is 17.9. The largest absolute Gasteiger partial charge is 0.349 e. The lowest BCUT2D eigenvalue weighted by Gasteiger charge is -2.19. The first-order valence-corrected chi connectivity index (χ1v) is 8.96. The minimum Gasteiger partial charge on any atom is -0.349 e. The van der Waals surface area contributed by atoms with Crippen molar-refractivity contribution in [2.45, 2.75) is 45.2 Å². The van der Waals surface area contributed by atoms with Gasteiger partial charge in [0.15, 0.2) is 0 Å². The van der Waals surface area contributed by atoms with Crippen LogP contribution in [0.2, 0.25) is 0 Å². The lowest BCUT2D eigenvalue weighted by molar-refractivity contribution is 0.441. The zero-order chi connectivity index (χ0) is 15.9. The third-order valence-corrected chi connectivity index (χ3v) is 5.13. The number of aromatic nitrogens is 1. The van der Waals surface area contributed by atoms with E-state index in [2.05, 4.69) is 11.9 Å². The van der Waals surface area contributed by atoms with Crippen LogP contribution in [0.1, 0.15) is 32.9 Å². The molecule has 5 nitrogen and oxygen atoms in total. The molecule has 0 spiro atoms. The fourth-order valence-corrected chi connectivity index (χ4v) is 3.78. The van der Waals surface area contributed by atoms with Gasteiger partial charge in [0.25, 0.3) is 0 Å². The molecule has 21 heavy (non-hydrogen) atoms. The molecule has 0 aromatic carbocycles. The van der Waals surface area contributed by atoms with E-state index in [1.165, 1.54) is 4.31 Å². The van der Waals surface area contributed by atoms with Crippen LogP contribution >= 0.6 is 0 Å². The Hall–Kier alpha value is -1.11. The van der Waals surface area contributed by atoms with Crippen LogP contribution in [0.25, 0.3) is 0 Å². The maximum Gasteiger partial charge on any atom is 0.244 e. The minimum atomic E-state index is -3.45. The van der Waals surface area contributed by atoms with Gasteiger partial charge in [0.2, 0.25) is 10.0 Å². The molecule has 0 fully saturated rings. The highest BCUT2D eigenvalue weighted by Crippen LogP contribution is 2.19. The van der Waals surface area contributed by atoms with Crippen LogP contribution in [0.4, 0.5) is 0 Å². The Morgan fingerprint density at radius 2 is 2.10 bits per heavy atom. The van der Waals surface area contributed by atoms with Crippen LogP contribution in [-0.2, 0) is 23.1 Å². The average Bonchev–Trinajstić information content (AvgIpc) is 2.88. The summed E-state index contributed by atoms with van der Waals surface area (Å²) in [5, 5.41) is 3.24. The molecule has 0 saturated carbocycles. The molecule has 1 heterocycles. The Morgan fingerprint density at radius 3 is 2.62 bits per heavy atom. The number of hydrogen-bond acceptors (Lipinski definition) is 3. The molecule has 0 aliphatic rings. The van der Waals surface area contributed by atoms with Crippen LogP contribution in [0, 0.1) is 0 Å². The Labute approximate surface area is 128 Å². The van der Waals surface area contributed by atoms with E-state index >= 15 is 0 Å². The van der Waals surface area contributed by atoms with Crippen LogP contribution in [-0.4, -0.2) is 36.9 Å². The fraction of sp³-hybridized carbons (Fsp3) is 0.600. The van der Waals surface area contributed by atoms with Crippen molar-refractivity contribution in [2.24, 2.45) is 0 Å². The van der Waals surface area contributed by atoms with Gasteiger partial charge >= 0.3 is 0 Å². The molecule has 0 saturated heterocycles. The molecule has 1 aromatic heterocycles. The molecule has 0 radical (unpaired) electrons. The Balaban J connectivity index is 3.11. The summed E-state index contributed by atoms with van der Waals surface area (Å²) in [6, 6.07) is 1.77. The number of sulfonamides is 1. The van der Waals surface area contributed by atoms with Gasteiger partial charge in [0.05, 0.1) is 0 Å². The molecular formula is C15H27N3O2S. The summed E-state index contributed by atoms with van der Waals surface area (Å²) in [4.78, 5) is 0.368. The van der Waals surface area contributed by atoms with Gasteiger partial charge in [0, 0.05) is 38.1 Å². The van der Waals surface area contributed by atoms with E-state index in [1.54, 1.807) is 18.3 Å². The molecule has 120 valence electrons. The van der Waals surface area contributed by atoms with Crippen molar-refractivity contribution >= 4 is 10.0 Å². The van der Waals surface area contributed by atoms with Crippen molar-refractivity contribution in [3.8, 4) is 0 Å². The van der Waals surface area contributed by atoms with Crippen molar-refractivity contribution in [2.75, 3.05) is 19.6 Å². The molecule has 0 unspecified atom stereocenters. The zero-order valence-corrected chi connectivity index (χ0v) is 14.1. The molecule has 0 aliphatic carbocycles. The summed E-state index contributed by atoms with van der Waals surface area (Å²) in [6.45, 7) is 12.8. The summed E-state index contributed by atoms with van der Waals surface area (Å²) < 4.78 is 28.9. The lowest BCUT2D eigenvalue weighted by Crippen LogP contribution is -2.31. The third kappa shape index (κ3) is 4.43. The maximum atomic E-state index is 12.7. The molecule has 1 rings (SSSR count). The van der Waals surface area contributed by atoms with Crippen LogP contribution in [0.3, 0.4) is 0 Å². The predicted molar refractivity (Wildman–Crippen MR) is 86.7 cm³/mol. The van der Waals surface area contributed by atoms with Crippen LogP contribution in [0.5, 0.6) is 0 Å². The van der Waals surface area contributed by atoms with Crippen molar-refractivity contribution in [3.63, 3.8) is 0 Å². The van der Waals surface area contributed by atoms with E-state index in [4.69, 9.17) is 0 Å². The van der Waals surface area contributed by atoms with Gasteiger partial charge in [-0.1, -0.05) is 19.9 Å². The summed E-state index contributed by atoms with van der Waals surface area (Å²) in [5.74, 6) is 0. The van der Waals surface area contributed by atoms with Gasteiger partial charge in [-0.05, 0) is 26.0 Å². The number of aryl methyl sites for hydroxylation is 1. The average molecular weight is 313 g/mol. The molecule has 0 bridgehead atoms. The number of hydrogen-bond donors (Lipinski definition) is 1. The third-order valence-electron chi connectivity index (χ3n) is 3.30. The van der Waals surface area contributed by atoms with Gasteiger partial charge in [-0.2, -0.15) is 4.31 Å². The fourth-order valence-electron chi connectivity index (χ4n) is 2.21. The van der Waals surface area contributed by atoms with Gasteiger partial charge < -0.3 is 9.88 Å². The monoisotopic (exact) mass is 313 g/mol. The molecule has 0 aliphatic heterocycles. The number of nitrogens with zero attached hydrogens (tertiary/aromatic N) is 2. The highest BCUT2D eigenvalue weighted by Gasteiger charge is 2.24. The number of nitrogens with one attached hydrogen (secondary N) is 1. The molecular weight excluding hydrogens is 286 g/mol. The predicted octanol–water partition coefficient (Wildman–Crippen LogP) is 2.20. The smallest absolute Gasteiger partial charge is 0.244 e. The van der Waals surface area contributed by atoms with Gasteiger partial charge in [-0.25, -0.2) is 8.42 Å². The van der Waals surface area contributed by atoms with E-state index in [1.807, 2.05) is 25.3 Å². The van der Waals surface area contributed by atoms with Crippen molar-refractivity contribution in [3.05, 3.63) is 30.6 Å². The summed E-state index contributed by atoms with van der Waals surface area (Å²) in [6.07, 6.45) is 4.14. The normalized spacial score (nSPS) is 12.0. The molecule has 6 heteroatoms. The van der Waals surface area contributed by atoms with E-state index in [0.29, 0.717) is 24.5 Å². The summed E-state index contributed by atoms with van der Waals surface area (Å²) in [5.41, 5.74) is 0.993. The van der Waals surface area contributed by atoms with E-state index in [9.17, 15) is 8.42 Å². The molecule has 0 atom stereocenters. The quantitative estimate of drug-likeness (QED) is 0.674. The van der Waals surface area contributed by atoms with E-state index in [0.717, 1.165) is 25.2 Å². The summed E-state index contributed by atoms with van der Waals surface area (Å²) in [7, 11) is -3.45. The SMILES string of the molecule is C=CCN(CCC)S(=O)(=O)c1cc(CNCC)n(CC)c1. The first-order valence-electron chi connectivity index (χ1n) is 7.52. The Morgan fingerprint density at radius 1 is 1.38 bits per heavy atom. The van der Waals surface area contributed by atoms with Crippen molar-refractivity contribution < 1.29 is 8.42 Å².